The van der Waals surface area contributed by atoms with Gasteiger partial charge in [0.15, 0.2) is 4.58 Å². The topological polar surface area (TPSA) is 88.5 Å². The highest BCUT2D eigenvalue weighted by molar-refractivity contribution is 8.09. The molecule has 0 amide bonds. The van der Waals surface area contributed by atoms with Crippen molar-refractivity contribution in [2.45, 2.75) is 22.0 Å². The van der Waals surface area contributed by atoms with Gasteiger partial charge in [0.25, 0.3) is 19.7 Å². The summed E-state index contributed by atoms with van der Waals surface area (Å²) in [6.45, 7) is 0. The van der Waals surface area contributed by atoms with Gasteiger partial charge in [0.05, 0.1) is 0 Å². The van der Waals surface area contributed by atoms with Crippen LogP contribution in [0.2, 0.25) is 0 Å². The van der Waals surface area contributed by atoms with Crippen molar-refractivity contribution < 1.29 is 48.3 Å². The summed E-state index contributed by atoms with van der Waals surface area (Å²) in [5.74, 6) is -0.588. The van der Waals surface area contributed by atoms with E-state index in [4.69, 9.17) is 5.11 Å². The summed E-state index contributed by atoms with van der Waals surface area (Å²) < 4.78 is 116. The smallest absolute Gasteiger partial charge is 0.498 e. The molecule has 0 unspecified atom stereocenters. The van der Waals surface area contributed by atoms with E-state index in [-0.39, 0.29) is 0 Å². The molecule has 1 rings (SSSR count). The SMILES string of the molecule is O=S(=O)(C(Cc1cccc(O)c1)S(=O)(=O)C(F)(F)F)C(F)(F)F. The van der Waals surface area contributed by atoms with Gasteiger partial charge in [-0.15, -0.1) is 0 Å². The lowest BCUT2D eigenvalue weighted by molar-refractivity contribution is -0.0471. The Balaban J connectivity index is 3.52. The van der Waals surface area contributed by atoms with Crippen molar-refractivity contribution in [2.24, 2.45) is 0 Å². The summed E-state index contributed by atoms with van der Waals surface area (Å²) >= 11 is 0. The number of benzene rings is 1. The molecule has 13 heteroatoms. The number of halogens is 6. The number of alkyl halides is 6. The highest BCUT2D eigenvalue weighted by Gasteiger charge is 2.62. The maximum absolute atomic E-state index is 12.5. The van der Waals surface area contributed by atoms with Crippen molar-refractivity contribution in [1.82, 2.24) is 0 Å². The fraction of sp³-hybridized carbons (Fsp3) is 0.400. The molecule has 0 heterocycles. The molecule has 1 N–H and O–H groups in total. The molecule has 0 bridgehead atoms. The minimum absolute atomic E-state index is 0.532. The number of phenolic OH excluding ortho intramolecular Hbond substituents is 1. The number of hydrogen-bond donors (Lipinski definition) is 1. The second kappa shape index (κ2) is 5.85. The van der Waals surface area contributed by atoms with Crippen LogP contribution in [0.3, 0.4) is 0 Å². The fourth-order valence-electron chi connectivity index (χ4n) is 1.56. The highest BCUT2D eigenvalue weighted by Crippen LogP contribution is 2.37. The summed E-state index contributed by atoms with van der Waals surface area (Å²) in [7, 11) is -13.4. The average molecular weight is 386 g/mol. The summed E-state index contributed by atoms with van der Waals surface area (Å²) in [5, 5.41) is 9.11. The van der Waals surface area contributed by atoms with Crippen molar-refractivity contribution >= 4 is 19.7 Å². The standard InChI is InChI=1S/C10H8F6O5S2/c11-9(12,13)22(18,19)8(23(20,21)10(14,15)16)5-6-2-1-3-7(17)4-6/h1-4,8,17H,5H2. The molecule has 0 aliphatic heterocycles. The van der Waals surface area contributed by atoms with Crippen LogP contribution >= 0.6 is 0 Å². The molecular formula is C10H8F6O5S2. The average Bonchev–Trinajstić information content (AvgIpc) is 2.32. The van der Waals surface area contributed by atoms with Crippen LogP contribution in [0.5, 0.6) is 5.75 Å². The van der Waals surface area contributed by atoms with Crippen LogP contribution in [-0.4, -0.2) is 37.5 Å². The third-order valence-electron chi connectivity index (χ3n) is 2.65. The van der Waals surface area contributed by atoms with Gasteiger partial charge in [-0.05, 0) is 17.7 Å². The predicted molar refractivity (Wildman–Crippen MR) is 65.5 cm³/mol. The monoisotopic (exact) mass is 386 g/mol. The summed E-state index contributed by atoms with van der Waals surface area (Å²) in [6, 6.07) is 3.55. The van der Waals surface area contributed by atoms with Crippen LogP contribution in [0, 0.1) is 0 Å². The van der Waals surface area contributed by atoms with E-state index in [1.54, 1.807) is 0 Å². The normalized spacial score (nSPS) is 14.2. The highest BCUT2D eigenvalue weighted by atomic mass is 32.3. The van der Waals surface area contributed by atoms with Gasteiger partial charge in [-0.25, -0.2) is 16.8 Å². The number of phenols is 1. The molecule has 1 aromatic rings. The van der Waals surface area contributed by atoms with Gasteiger partial charge in [0.2, 0.25) is 0 Å². The van der Waals surface area contributed by atoms with Crippen LogP contribution in [0.25, 0.3) is 0 Å². The fourth-order valence-corrected chi connectivity index (χ4v) is 4.97. The Kier molecular flexibility index (Phi) is 4.97. The van der Waals surface area contributed by atoms with Crippen molar-refractivity contribution in [2.75, 3.05) is 0 Å². The van der Waals surface area contributed by atoms with Gasteiger partial charge in [-0.1, -0.05) is 12.1 Å². The molecule has 0 aliphatic rings. The molecule has 0 saturated heterocycles. The van der Waals surface area contributed by atoms with Gasteiger partial charge in [0.1, 0.15) is 5.75 Å². The zero-order valence-corrected chi connectivity index (χ0v) is 12.4. The zero-order chi connectivity index (χ0) is 18.3. The van der Waals surface area contributed by atoms with E-state index in [9.17, 15) is 43.2 Å². The van der Waals surface area contributed by atoms with E-state index in [2.05, 4.69) is 0 Å². The Morgan fingerprint density at radius 2 is 1.35 bits per heavy atom. The minimum atomic E-state index is -6.68. The molecule has 132 valence electrons. The van der Waals surface area contributed by atoms with Crippen LogP contribution in [0.15, 0.2) is 24.3 Å². The number of sulfone groups is 2. The largest absolute Gasteiger partial charge is 0.508 e. The first-order valence-corrected chi connectivity index (χ1v) is 8.58. The van der Waals surface area contributed by atoms with Gasteiger partial charge >= 0.3 is 11.0 Å². The predicted octanol–water partition coefficient (Wildman–Crippen LogP) is 2.13. The first-order valence-electron chi connectivity index (χ1n) is 5.49. The lowest BCUT2D eigenvalue weighted by atomic mass is 10.2. The first-order chi connectivity index (χ1) is 10.1. The lowest BCUT2D eigenvalue weighted by Crippen LogP contribution is -2.46. The quantitative estimate of drug-likeness (QED) is 0.801. The molecule has 1 aromatic carbocycles. The second-order valence-corrected chi connectivity index (χ2v) is 8.83. The number of hydrogen-bond acceptors (Lipinski definition) is 5. The van der Waals surface area contributed by atoms with Crippen LogP contribution in [0.1, 0.15) is 5.56 Å². The molecule has 0 spiro atoms. The summed E-state index contributed by atoms with van der Waals surface area (Å²) in [6.07, 6.45) is -1.63. The van der Waals surface area contributed by atoms with Crippen LogP contribution in [-0.2, 0) is 26.1 Å². The molecule has 0 fully saturated rings. The van der Waals surface area contributed by atoms with E-state index in [1.807, 2.05) is 0 Å². The number of rotatable bonds is 4. The molecule has 0 saturated carbocycles. The Morgan fingerprint density at radius 3 is 1.70 bits per heavy atom. The van der Waals surface area contributed by atoms with Gasteiger partial charge in [-0.2, -0.15) is 26.3 Å². The van der Waals surface area contributed by atoms with Crippen molar-refractivity contribution in [3.8, 4) is 5.75 Å². The minimum Gasteiger partial charge on any atom is -0.508 e. The van der Waals surface area contributed by atoms with Crippen molar-refractivity contribution in [3.63, 3.8) is 0 Å². The van der Waals surface area contributed by atoms with Crippen LogP contribution < -0.4 is 0 Å². The number of aromatic hydroxyl groups is 1. The first kappa shape index (κ1) is 19.5. The van der Waals surface area contributed by atoms with Crippen LogP contribution in [0.4, 0.5) is 26.3 Å². The molecule has 0 radical (unpaired) electrons. The van der Waals surface area contributed by atoms with E-state index in [0.29, 0.717) is 6.07 Å². The Morgan fingerprint density at radius 1 is 0.913 bits per heavy atom. The maximum atomic E-state index is 12.5. The Hall–Kier alpha value is -1.50. The molecule has 0 aliphatic carbocycles. The van der Waals surface area contributed by atoms with Gasteiger partial charge < -0.3 is 5.11 Å². The van der Waals surface area contributed by atoms with Gasteiger partial charge in [-0.3, -0.25) is 0 Å². The molecule has 23 heavy (non-hydrogen) atoms. The van der Waals surface area contributed by atoms with E-state index in [0.717, 1.165) is 18.2 Å². The molecular weight excluding hydrogens is 378 g/mol. The zero-order valence-electron chi connectivity index (χ0n) is 10.8. The molecule has 5 nitrogen and oxygen atoms in total. The Labute approximate surface area is 126 Å². The second-order valence-electron chi connectivity index (χ2n) is 4.29. The maximum Gasteiger partial charge on any atom is 0.498 e. The summed E-state index contributed by atoms with van der Waals surface area (Å²) in [4.78, 5) is 0. The van der Waals surface area contributed by atoms with E-state index >= 15 is 0 Å². The molecule has 0 aromatic heterocycles. The third-order valence-corrected chi connectivity index (χ3v) is 7.18. The summed E-state index contributed by atoms with van der Waals surface area (Å²) in [5.41, 5.74) is -12.9. The lowest BCUT2D eigenvalue weighted by Gasteiger charge is -2.21. The third kappa shape index (κ3) is 3.88. The van der Waals surface area contributed by atoms with E-state index < -0.39 is 53.0 Å². The molecule has 0 atom stereocenters. The van der Waals surface area contributed by atoms with E-state index in [1.165, 1.54) is 0 Å². The van der Waals surface area contributed by atoms with Crippen molar-refractivity contribution in [1.29, 1.82) is 0 Å². The van der Waals surface area contributed by atoms with Crippen molar-refractivity contribution in [3.05, 3.63) is 29.8 Å². The Bertz CT molecular complexity index is 735. The van der Waals surface area contributed by atoms with Gasteiger partial charge in [0, 0.05) is 6.42 Å².